The van der Waals surface area contributed by atoms with Crippen molar-refractivity contribution < 1.29 is 18.4 Å². The van der Waals surface area contributed by atoms with E-state index in [1.165, 1.54) is 6.39 Å². The monoisotopic (exact) mass is 362 g/mol. The smallest absolute Gasteiger partial charge is 0.338 e. The topological polar surface area (TPSA) is 104 Å². The lowest BCUT2D eigenvalue weighted by molar-refractivity contribution is 0.0280. The van der Waals surface area contributed by atoms with Gasteiger partial charge in [0.2, 0.25) is 18.2 Å². The summed E-state index contributed by atoms with van der Waals surface area (Å²) >= 11 is 0. The highest BCUT2D eigenvalue weighted by atomic mass is 16.6. The molecule has 0 unspecified atom stereocenters. The van der Waals surface area contributed by atoms with Gasteiger partial charge in [-0.25, -0.2) is 4.79 Å². The van der Waals surface area contributed by atoms with Gasteiger partial charge in [-0.2, -0.15) is 0 Å². The van der Waals surface area contributed by atoms with E-state index < -0.39 is 12.1 Å². The molecule has 8 heteroatoms. The second-order valence-corrected chi connectivity index (χ2v) is 5.68. The number of rotatable bonds is 5. The molecule has 0 saturated heterocycles. The summed E-state index contributed by atoms with van der Waals surface area (Å²) in [4.78, 5) is 12.3. The number of hydrogen-bond donors (Lipinski definition) is 0. The Balaban J connectivity index is 1.44. The molecule has 0 radical (unpaired) electrons. The summed E-state index contributed by atoms with van der Waals surface area (Å²) in [5.41, 5.74) is 1.89. The molecule has 27 heavy (non-hydrogen) atoms. The molecule has 1 atom stereocenters. The van der Waals surface area contributed by atoms with Gasteiger partial charge in [-0.1, -0.05) is 18.2 Å². The normalized spacial score (nSPS) is 11.9. The van der Waals surface area contributed by atoms with Gasteiger partial charge >= 0.3 is 5.97 Å². The van der Waals surface area contributed by atoms with Crippen LogP contribution in [0.3, 0.4) is 0 Å². The average Bonchev–Trinajstić information content (AvgIpc) is 3.41. The summed E-state index contributed by atoms with van der Waals surface area (Å²) in [6.07, 6.45) is 0.561. The van der Waals surface area contributed by atoms with Crippen molar-refractivity contribution in [3.05, 3.63) is 72.4 Å². The number of carbonyl (C=O) groups is 1. The lowest BCUT2D eigenvalue weighted by Gasteiger charge is -2.09. The fraction of sp³-hybridized carbons (Fsp3) is 0.105. The molecule has 134 valence electrons. The van der Waals surface area contributed by atoms with Crippen molar-refractivity contribution in [3.63, 3.8) is 0 Å². The van der Waals surface area contributed by atoms with Crippen LogP contribution in [0.25, 0.3) is 22.9 Å². The molecule has 0 amide bonds. The number of esters is 1. The molecule has 0 aliphatic rings. The van der Waals surface area contributed by atoms with Gasteiger partial charge in [-0.05, 0) is 43.3 Å². The van der Waals surface area contributed by atoms with Gasteiger partial charge in [0.15, 0.2) is 6.10 Å². The zero-order valence-corrected chi connectivity index (χ0v) is 14.3. The molecule has 4 rings (SSSR count). The Morgan fingerprint density at radius 2 is 1.67 bits per heavy atom. The maximum Gasteiger partial charge on any atom is 0.338 e. The van der Waals surface area contributed by atoms with E-state index in [4.69, 9.17) is 13.6 Å². The number of aromatic nitrogens is 4. The van der Waals surface area contributed by atoms with E-state index in [1.54, 1.807) is 31.2 Å². The largest absolute Gasteiger partial charge is 0.449 e. The molecule has 2 aromatic heterocycles. The molecule has 2 heterocycles. The maximum atomic E-state index is 12.3. The van der Waals surface area contributed by atoms with Crippen LogP contribution in [0.15, 0.2) is 69.8 Å². The highest BCUT2D eigenvalue weighted by molar-refractivity contribution is 5.90. The minimum absolute atomic E-state index is 0.227. The molecule has 8 nitrogen and oxygen atoms in total. The Labute approximate surface area is 153 Å². The standard InChI is InChI=1S/C19H14N4O4/c1-12(16-22-23-18(27-16)13-5-3-2-4-6-13)26-19(24)15-9-7-14(8-10-15)17-21-20-11-25-17/h2-12H,1H3/t12-/m0/s1. The van der Waals surface area contributed by atoms with Crippen LogP contribution >= 0.6 is 0 Å². The fourth-order valence-corrected chi connectivity index (χ4v) is 2.42. The van der Waals surface area contributed by atoms with E-state index in [9.17, 15) is 4.79 Å². The molecule has 0 fully saturated rings. The van der Waals surface area contributed by atoms with Crippen LogP contribution in [-0.4, -0.2) is 26.4 Å². The Hall–Kier alpha value is -3.81. The summed E-state index contributed by atoms with van der Waals surface area (Å²) in [5, 5.41) is 15.4. The summed E-state index contributed by atoms with van der Waals surface area (Å²) in [6, 6.07) is 16.0. The summed E-state index contributed by atoms with van der Waals surface area (Å²) in [6.45, 7) is 1.67. The number of hydrogen-bond acceptors (Lipinski definition) is 8. The van der Waals surface area contributed by atoms with Gasteiger partial charge in [-0.3, -0.25) is 0 Å². The van der Waals surface area contributed by atoms with Crippen molar-refractivity contribution in [3.8, 4) is 22.9 Å². The maximum absolute atomic E-state index is 12.3. The van der Waals surface area contributed by atoms with E-state index in [2.05, 4.69) is 20.4 Å². The Morgan fingerprint density at radius 1 is 0.926 bits per heavy atom. The van der Waals surface area contributed by atoms with Crippen molar-refractivity contribution in [2.45, 2.75) is 13.0 Å². The summed E-state index contributed by atoms with van der Waals surface area (Å²) in [5.74, 6) is 0.476. The molecular formula is C19H14N4O4. The van der Waals surface area contributed by atoms with Crippen LogP contribution in [-0.2, 0) is 4.74 Å². The van der Waals surface area contributed by atoms with Crippen LogP contribution in [0, 0.1) is 0 Å². The molecule has 4 aromatic rings. The number of nitrogens with zero attached hydrogens (tertiary/aromatic N) is 4. The molecular weight excluding hydrogens is 348 g/mol. The molecule has 0 bridgehead atoms. The van der Waals surface area contributed by atoms with Crippen molar-refractivity contribution >= 4 is 5.97 Å². The molecule has 0 N–H and O–H groups in total. The van der Waals surface area contributed by atoms with Crippen molar-refractivity contribution in [1.29, 1.82) is 0 Å². The lowest BCUT2D eigenvalue weighted by atomic mass is 10.1. The number of ether oxygens (including phenoxy) is 1. The minimum atomic E-state index is -0.682. The zero-order chi connectivity index (χ0) is 18.6. The van der Waals surface area contributed by atoms with Crippen LogP contribution in [0.4, 0.5) is 0 Å². The van der Waals surface area contributed by atoms with Crippen LogP contribution < -0.4 is 0 Å². The fourth-order valence-electron chi connectivity index (χ4n) is 2.42. The van der Waals surface area contributed by atoms with E-state index in [0.717, 1.165) is 5.56 Å². The molecule has 0 aliphatic carbocycles. The second kappa shape index (κ2) is 7.20. The van der Waals surface area contributed by atoms with Gasteiger partial charge in [-0.15, -0.1) is 20.4 Å². The van der Waals surface area contributed by atoms with Gasteiger partial charge in [0.05, 0.1) is 5.56 Å². The zero-order valence-electron chi connectivity index (χ0n) is 14.3. The van der Waals surface area contributed by atoms with Crippen LogP contribution in [0.2, 0.25) is 0 Å². The molecule has 0 aliphatic heterocycles. The molecule has 0 saturated carbocycles. The highest BCUT2D eigenvalue weighted by Crippen LogP contribution is 2.23. The predicted octanol–water partition coefficient (Wildman–Crippen LogP) is 3.70. The second-order valence-electron chi connectivity index (χ2n) is 5.68. The third-order valence-corrected chi connectivity index (χ3v) is 3.82. The first-order valence-corrected chi connectivity index (χ1v) is 8.17. The third-order valence-electron chi connectivity index (χ3n) is 3.82. The minimum Gasteiger partial charge on any atom is -0.449 e. The number of benzene rings is 2. The van der Waals surface area contributed by atoms with Crippen molar-refractivity contribution in [2.75, 3.05) is 0 Å². The van der Waals surface area contributed by atoms with E-state index in [1.807, 2.05) is 30.3 Å². The summed E-state index contributed by atoms with van der Waals surface area (Å²) < 4.78 is 16.1. The third kappa shape index (κ3) is 3.59. The van der Waals surface area contributed by atoms with Gasteiger partial charge in [0.25, 0.3) is 5.89 Å². The first-order chi connectivity index (χ1) is 13.2. The Bertz CT molecular complexity index is 1030. The number of carbonyl (C=O) groups excluding carboxylic acids is 1. The van der Waals surface area contributed by atoms with E-state index >= 15 is 0 Å². The SMILES string of the molecule is C[C@H](OC(=O)c1ccc(-c2nnco2)cc1)c1nnc(-c2ccccc2)o1. The first-order valence-electron chi connectivity index (χ1n) is 8.17. The van der Waals surface area contributed by atoms with Crippen LogP contribution in [0.1, 0.15) is 29.3 Å². The first kappa shape index (κ1) is 16.6. The van der Waals surface area contributed by atoms with E-state index in [0.29, 0.717) is 22.9 Å². The van der Waals surface area contributed by atoms with Gasteiger partial charge in [0.1, 0.15) is 0 Å². The summed E-state index contributed by atoms with van der Waals surface area (Å²) in [7, 11) is 0. The highest BCUT2D eigenvalue weighted by Gasteiger charge is 2.20. The predicted molar refractivity (Wildman–Crippen MR) is 93.3 cm³/mol. The lowest BCUT2D eigenvalue weighted by Crippen LogP contribution is -2.09. The quantitative estimate of drug-likeness (QED) is 0.495. The van der Waals surface area contributed by atoms with Gasteiger partial charge in [0, 0.05) is 11.1 Å². The Kier molecular flexibility index (Phi) is 4.44. The molecule has 2 aromatic carbocycles. The van der Waals surface area contributed by atoms with E-state index in [-0.39, 0.29) is 5.89 Å². The van der Waals surface area contributed by atoms with Crippen molar-refractivity contribution in [2.24, 2.45) is 0 Å². The molecule has 0 spiro atoms. The van der Waals surface area contributed by atoms with Crippen LogP contribution in [0.5, 0.6) is 0 Å². The van der Waals surface area contributed by atoms with Gasteiger partial charge < -0.3 is 13.6 Å². The van der Waals surface area contributed by atoms with Crippen molar-refractivity contribution in [1.82, 2.24) is 20.4 Å². The Morgan fingerprint density at radius 3 is 2.37 bits per heavy atom. The average molecular weight is 362 g/mol.